The van der Waals surface area contributed by atoms with Gasteiger partial charge in [-0.25, -0.2) is 4.98 Å². The van der Waals surface area contributed by atoms with E-state index in [0.717, 1.165) is 5.69 Å². The number of nitrogens with zero attached hydrogens (tertiary/aromatic N) is 1. The first-order valence-corrected chi connectivity index (χ1v) is 4.55. The number of hydrogen-bond donors (Lipinski definition) is 2. The van der Waals surface area contributed by atoms with Crippen molar-refractivity contribution in [1.29, 1.82) is 0 Å². The minimum atomic E-state index is 0.170. The van der Waals surface area contributed by atoms with Crippen LogP contribution in [0.4, 0.5) is 0 Å². The van der Waals surface area contributed by atoms with Gasteiger partial charge in [-0.3, -0.25) is 0 Å². The van der Waals surface area contributed by atoms with E-state index in [1.165, 1.54) is 0 Å². The molecule has 0 atom stereocenters. The first-order chi connectivity index (χ1) is 6.66. The molecule has 72 valence electrons. The summed E-state index contributed by atoms with van der Waals surface area (Å²) in [5.41, 5.74) is 1.49. The van der Waals surface area contributed by atoms with Crippen LogP contribution in [0.1, 0.15) is 5.69 Å². The molecule has 4 heteroatoms. The lowest BCUT2D eigenvalue weighted by Gasteiger charge is -2.00. The lowest BCUT2D eigenvalue weighted by atomic mass is 10.2. The number of phenols is 1. The van der Waals surface area contributed by atoms with Crippen LogP contribution >= 0.6 is 11.6 Å². The molecular formula is C10H9ClN2O. The van der Waals surface area contributed by atoms with Gasteiger partial charge in [0.25, 0.3) is 0 Å². The summed E-state index contributed by atoms with van der Waals surface area (Å²) in [5.74, 6) is 0.797. The van der Waals surface area contributed by atoms with E-state index in [-0.39, 0.29) is 5.75 Å². The van der Waals surface area contributed by atoms with Crippen LogP contribution in [-0.4, -0.2) is 15.1 Å². The molecule has 0 saturated heterocycles. The molecule has 2 aromatic rings. The van der Waals surface area contributed by atoms with Crippen molar-refractivity contribution < 1.29 is 5.11 Å². The number of aromatic amines is 1. The smallest absolute Gasteiger partial charge is 0.141 e. The van der Waals surface area contributed by atoms with Crippen LogP contribution in [0.25, 0.3) is 11.4 Å². The number of H-pyrrole nitrogens is 1. The van der Waals surface area contributed by atoms with Gasteiger partial charge in [0.05, 0.1) is 11.3 Å². The summed E-state index contributed by atoms with van der Waals surface area (Å²) < 4.78 is 0. The standard InChI is InChI=1S/C10H9ClN2O/c1-6-5-12-10(13-6)8-4-7(11)2-3-9(8)14/h2-5,14H,1H3,(H,12,13). The van der Waals surface area contributed by atoms with Crippen molar-refractivity contribution in [1.82, 2.24) is 9.97 Å². The Hall–Kier alpha value is -1.48. The molecule has 1 heterocycles. The Balaban J connectivity index is 2.55. The maximum atomic E-state index is 9.58. The number of imidazole rings is 1. The molecule has 0 fully saturated rings. The molecular weight excluding hydrogens is 200 g/mol. The zero-order valence-electron chi connectivity index (χ0n) is 7.58. The quantitative estimate of drug-likeness (QED) is 0.757. The predicted octanol–water partition coefficient (Wildman–Crippen LogP) is 2.74. The van der Waals surface area contributed by atoms with Gasteiger partial charge in [-0.05, 0) is 25.1 Å². The summed E-state index contributed by atoms with van der Waals surface area (Å²) in [5, 5.41) is 10.2. The highest BCUT2D eigenvalue weighted by Crippen LogP contribution is 2.29. The van der Waals surface area contributed by atoms with Gasteiger partial charge >= 0.3 is 0 Å². The van der Waals surface area contributed by atoms with Gasteiger partial charge in [-0.15, -0.1) is 0 Å². The fourth-order valence-electron chi connectivity index (χ4n) is 1.25. The molecule has 0 amide bonds. The van der Waals surface area contributed by atoms with Gasteiger partial charge in [0, 0.05) is 11.2 Å². The number of rotatable bonds is 1. The van der Waals surface area contributed by atoms with Crippen LogP contribution in [0.15, 0.2) is 24.4 Å². The lowest BCUT2D eigenvalue weighted by molar-refractivity contribution is 0.477. The summed E-state index contributed by atoms with van der Waals surface area (Å²) in [7, 11) is 0. The van der Waals surface area contributed by atoms with E-state index in [1.54, 1.807) is 24.4 Å². The van der Waals surface area contributed by atoms with Crippen molar-refractivity contribution in [2.75, 3.05) is 0 Å². The number of aromatic hydroxyl groups is 1. The number of aryl methyl sites for hydroxylation is 1. The number of nitrogens with one attached hydrogen (secondary N) is 1. The predicted molar refractivity (Wildman–Crippen MR) is 55.4 cm³/mol. The Bertz CT molecular complexity index is 465. The summed E-state index contributed by atoms with van der Waals surface area (Å²) in [6.45, 7) is 1.88. The molecule has 0 aliphatic heterocycles. The molecule has 3 nitrogen and oxygen atoms in total. The second kappa shape index (κ2) is 3.35. The highest BCUT2D eigenvalue weighted by Gasteiger charge is 2.07. The fourth-order valence-corrected chi connectivity index (χ4v) is 1.42. The van der Waals surface area contributed by atoms with E-state index in [1.807, 2.05) is 6.92 Å². The van der Waals surface area contributed by atoms with Crippen molar-refractivity contribution >= 4 is 11.6 Å². The highest BCUT2D eigenvalue weighted by atomic mass is 35.5. The number of aromatic nitrogens is 2. The van der Waals surface area contributed by atoms with Crippen molar-refractivity contribution in [3.8, 4) is 17.1 Å². The molecule has 0 saturated carbocycles. The minimum absolute atomic E-state index is 0.170. The van der Waals surface area contributed by atoms with Gasteiger partial charge in [0.1, 0.15) is 11.6 Å². The van der Waals surface area contributed by atoms with Crippen LogP contribution in [0, 0.1) is 6.92 Å². The van der Waals surface area contributed by atoms with E-state index in [9.17, 15) is 5.11 Å². The normalized spacial score (nSPS) is 10.4. The van der Waals surface area contributed by atoms with Crippen molar-refractivity contribution in [2.24, 2.45) is 0 Å². The summed E-state index contributed by atoms with van der Waals surface area (Å²) in [4.78, 5) is 7.17. The van der Waals surface area contributed by atoms with E-state index in [2.05, 4.69) is 9.97 Å². The van der Waals surface area contributed by atoms with Crippen molar-refractivity contribution in [3.05, 3.63) is 35.1 Å². The Kier molecular flexibility index (Phi) is 2.17. The summed E-state index contributed by atoms with van der Waals surface area (Å²) in [6.07, 6.45) is 1.77. The Morgan fingerprint density at radius 1 is 1.43 bits per heavy atom. The van der Waals surface area contributed by atoms with Crippen molar-refractivity contribution in [3.63, 3.8) is 0 Å². The second-order valence-corrected chi connectivity index (χ2v) is 3.49. The van der Waals surface area contributed by atoms with E-state index in [4.69, 9.17) is 11.6 Å². The van der Waals surface area contributed by atoms with Crippen LogP contribution in [-0.2, 0) is 0 Å². The molecule has 2 N–H and O–H groups in total. The minimum Gasteiger partial charge on any atom is -0.507 e. The maximum Gasteiger partial charge on any atom is 0.141 e. The van der Waals surface area contributed by atoms with Crippen molar-refractivity contribution in [2.45, 2.75) is 6.92 Å². The topological polar surface area (TPSA) is 48.9 Å². The first kappa shape index (κ1) is 9.09. The number of hydrogen-bond acceptors (Lipinski definition) is 2. The zero-order valence-corrected chi connectivity index (χ0v) is 8.34. The van der Waals surface area contributed by atoms with Crippen LogP contribution in [0.3, 0.4) is 0 Å². The molecule has 1 aromatic heterocycles. The van der Waals surface area contributed by atoms with Crippen LogP contribution < -0.4 is 0 Å². The van der Waals surface area contributed by atoms with Crippen LogP contribution in [0.5, 0.6) is 5.75 Å². The Morgan fingerprint density at radius 3 is 2.86 bits per heavy atom. The third-order valence-corrected chi connectivity index (χ3v) is 2.15. The summed E-state index contributed by atoms with van der Waals surface area (Å²) >= 11 is 5.82. The third-order valence-electron chi connectivity index (χ3n) is 1.92. The molecule has 0 unspecified atom stereocenters. The first-order valence-electron chi connectivity index (χ1n) is 4.18. The lowest BCUT2D eigenvalue weighted by Crippen LogP contribution is -1.81. The van der Waals surface area contributed by atoms with E-state index < -0.39 is 0 Å². The molecule has 0 bridgehead atoms. The van der Waals surface area contributed by atoms with Gasteiger partial charge in [-0.1, -0.05) is 11.6 Å². The second-order valence-electron chi connectivity index (χ2n) is 3.05. The zero-order chi connectivity index (χ0) is 10.1. The van der Waals surface area contributed by atoms with E-state index in [0.29, 0.717) is 16.4 Å². The maximum absolute atomic E-state index is 9.58. The number of benzene rings is 1. The third kappa shape index (κ3) is 1.59. The average molecular weight is 209 g/mol. The van der Waals surface area contributed by atoms with E-state index >= 15 is 0 Å². The van der Waals surface area contributed by atoms with Gasteiger partial charge < -0.3 is 10.1 Å². The fraction of sp³-hybridized carbons (Fsp3) is 0.100. The number of phenolic OH excluding ortho intramolecular Hbond substituents is 1. The largest absolute Gasteiger partial charge is 0.507 e. The van der Waals surface area contributed by atoms with Crippen LogP contribution in [0.2, 0.25) is 5.02 Å². The van der Waals surface area contributed by atoms with Gasteiger partial charge in [0.15, 0.2) is 0 Å². The molecule has 0 spiro atoms. The molecule has 2 rings (SSSR count). The monoisotopic (exact) mass is 208 g/mol. The highest BCUT2D eigenvalue weighted by molar-refractivity contribution is 6.30. The Labute approximate surface area is 86.4 Å². The SMILES string of the molecule is Cc1c[nH]c(-c2cc(Cl)ccc2O)n1. The van der Waals surface area contributed by atoms with Gasteiger partial charge in [0.2, 0.25) is 0 Å². The molecule has 0 radical (unpaired) electrons. The average Bonchev–Trinajstić information content (AvgIpc) is 2.56. The molecule has 0 aliphatic carbocycles. The summed E-state index contributed by atoms with van der Waals surface area (Å²) in [6, 6.07) is 4.86. The number of halogens is 1. The molecule has 0 aliphatic rings. The molecule has 14 heavy (non-hydrogen) atoms. The Morgan fingerprint density at radius 2 is 2.21 bits per heavy atom. The van der Waals surface area contributed by atoms with Gasteiger partial charge in [-0.2, -0.15) is 0 Å². The molecule has 1 aromatic carbocycles.